The summed E-state index contributed by atoms with van der Waals surface area (Å²) in [5.41, 5.74) is 2.31. The van der Waals surface area contributed by atoms with Gasteiger partial charge in [-0.2, -0.15) is 5.10 Å². The lowest BCUT2D eigenvalue weighted by Crippen LogP contribution is -2.06. The minimum Gasteiger partial charge on any atom is -0.486 e. The molecule has 0 atom stereocenters. The Morgan fingerprint density at radius 1 is 1.32 bits per heavy atom. The molecule has 0 bridgehead atoms. The van der Waals surface area contributed by atoms with Gasteiger partial charge in [0, 0.05) is 24.0 Å². The van der Waals surface area contributed by atoms with Crippen molar-refractivity contribution >= 4 is 12.3 Å². The summed E-state index contributed by atoms with van der Waals surface area (Å²) < 4.78 is 12.3. The van der Waals surface area contributed by atoms with E-state index in [1.165, 1.54) is 19.4 Å². The van der Waals surface area contributed by atoms with E-state index < -0.39 is 5.97 Å². The molecule has 0 spiro atoms. The number of carbonyl (C=O) groups excluding carboxylic acids is 1. The molecule has 0 aliphatic heterocycles. The number of carbonyl (C=O) groups is 2. The summed E-state index contributed by atoms with van der Waals surface area (Å²) in [5, 5.41) is 13.2. The Labute approximate surface area is 160 Å². The number of hydrogen-bond acceptors (Lipinski definition) is 7. The van der Waals surface area contributed by atoms with Crippen LogP contribution >= 0.6 is 0 Å². The van der Waals surface area contributed by atoms with Gasteiger partial charge in [0.15, 0.2) is 6.29 Å². The molecular weight excluding hydrogens is 364 g/mol. The second kappa shape index (κ2) is 8.76. The summed E-state index contributed by atoms with van der Waals surface area (Å²) in [7, 11) is 1.47. The van der Waals surface area contributed by atoms with Crippen LogP contribution in [-0.2, 0) is 17.9 Å². The van der Waals surface area contributed by atoms with Crippen molar-refractivity contribution in [2.45, 2.75) is 19.6 Å². The van der Waals surface area contributed by atoms with E-state index in [0.717, 1.165) is 5.56 Å². The number of aryl methyl sites for hydroxylation is 1. The van der Waals surface area contributed by atoms with Crippen molar-refractivity contribution in [1.82, 2.24) is 19.7 Å². The summed E-state index contributed by atoms with van der Waals surface area (Å²) in [6.45, 7) is 0.425. The number of ether oxygens (including phenoxy) is 2. The summed E-state index contributed by atoms with van der Waals surface area (Å²) >= 11 is 0. The van der Waals surface area contributed by atoms with Crippen molar-refractivity contribution in [1.29, 1.82) is 0 Å². The summed E-state index contributed by atoms with van der Waals surface area (Å²) in [5.74, 6) is -0.232. The van der Waals surface area contributed by atoms with Gasteiger partial charge in [-0.25, -0.2) is 4.98 Å². The number of pyridine rings is 2. The lowest BCUT2D eigenvalue weighted by atomic mass is 10.1. The minimum atomic E-state index is -0.886. The van der Waals surface area contributed by atoms with Crippen molar-refractivity contribution in [2.24, 2.45) is 0 Å². The SMILES string of the molecule is COc1cc(C=O)c(OCc2cccnc2-c2ccn(CCC(=O)O)n2)cn1. The Kier molecular flexibility index (Phi) is 5.95. The molecule has 28 heavy (non-hydrogen) atoms. The van der Waals surface area contributed by atoms with Crippen LogP contribution in [0.1, 0.15) is 22.3 Å². The summed E-state index contributed by atoms with van der Waals surface area (Å²) in [4.78, 5) is 30.4. The first kappa shape index (κ1) is 19.0. The van der Waals surface area contributed by atoms with Crippen LogP contribution in [0.2, 0.25) is 0 Å². The molecular formula is C19H18N4O5. The highest BCUT2D eigenvalue weighted by atomic mass is 16.5. The van der Waals surface area contributed by atoms with Gasteiger partial charge >= 0.3 is 5.97 Å². The van der Waals surface area contributed by atoms with Gasteiger partial charge in [0.2, 0.25) is 5.88 Å². The quantitative estimate of drug-likeness (QED) is 0.560. The van der Waals surface area contributed by atoms with E-state index in [4.69, 9.17) is 14.6 Å². The average Bonchev–Trinajstić information content (AvgIpc) is 3.19. The first-order valence-electron chi connectivity index (χ1n) is 8.42. The fourth-order valence-corrected chi connectivity index (χ4v) is 2.53. The molecule has 0 aliphatic rings. The Bertz CT molecular complexity index is 986. The van der Waals surface area contributed by atoms with Crippen LogP contribution in [0.15, 0.2) is 42.9 Å². The average molecular weight is 382 g/mol. The fourth-order valence-electron chi connectivity index (χ4n) is 2.53. The molecule has 3 rings (SSSR count). The van der Waals surface area contributed by atoms with Crippen molar-refractivity contribution in [3.05, 3.63) is 54.0 Å². The molecule has 0 radical (unpaired) electrons. The van der Waals surface area contributed by atoms with Gasteiger partial charge in [0.1, 0.15) is 18.1 Å². The number of rotatable bonds is 9. The lowest BCUT2D eigenvalue weighted by molar-refractivity contribution is -0.137. The van der Waals surface area contributed by atoms with E-state index in [9.17, 15) is 9.59 Å². The van der Waals surface area contributed by atoms with Crippen LogP contribution in [0, 0.1) is 0 Å². The topological polar surface area (TPSA) is 116 Å². The van der Waals surface area contributed by atoms with Crippen molar-refractivity contribution in [2.75, 3.05) is 7.11 Å². The molecule has 144 valence electrons. The number of carboxylic acids is 1. The zero-order valence-electron chi connectivity index (χ0n) is 15.1. The normalized spacial score (nSPS) is 10.5. The second-order valence-corrected chi connectivity index (χ2v) is 5.79. The van der Waals surface area contributed by atoms with Crippen LogP contribution < -0.4 is 9.47 Å². The van der Waals surface area contributed by atoms with E-state index in [1.54, 1.807) is 29.2 Å². The van der Waals surface area contributed by atoms with E-state index >= 15 is 0 Å². The zero-order valence-corrected chi connectivity index (χ0v) is 15.1. The number of aldehydes is 1. The van der Waals surface area contributed by atoms with Crippen molar-refractivity contribution in [3.63, 3.8) is 0 Å². The highest BCUT2D eigenvalue weighted by Gasteiger charge is 2.12. The Morgan fingerprint density at radius 3 is 2.93 bits per heavy atom. The molecule has 3 aromatic rings. The van der Waals surface area contributed by atoms with Crippen molar-refractivity contribution < 1.29 is 24.2 Å². The Morgan fingerprint density at radius 2 is 2.18 bits per heavy atom. The number of nitrogens with zero attached hydrogens (tertiary/aromatic N) is 4. The third kappa shape index (κ3) is 4.50. The lowest BCUT2D eigenvalue weighted by Gasteiger charge is -2.11. The highest BCUT2D eigenvalue weighted by molar-refractivity contribution is 5.79. The molecule has 0 saturated heterocycles. The van der Waals surface area contributed by atoms with Gasteiger partial charge < -0.3 is 14.6 Å². The standard InChI is InChI=1S/C19H18N4O5/c1-27-17-9-14(11-24)16(10-21-17)28-12-13-3-2-6-20-19(13)15-4-7-23(22-15)8-5-18(25)26/h2-4,6-7,9-11H,5,8,12H2,1H3,(H,25,26). The number of carboxylic acid groups (broad SMARTS) is 1. The van der Waals surface area contributed by atoms with Gasteiger partial charge in [-0.15, -0.1) is 0 Å². The largest absolute Gasteiger partial charge is 0.486 e. The van der Waals surface area contributed by atoms with Crippen LogP contribution in [-0.4, -0.2) is 44.2 Å². The Balaban J connectivity index is 1.78. The highest BCUT2D eigenvalue weighted by Crippen LogP contribution is 2.24. The molecule has 0 fully saturated rings. The molecule has 0 saturated carbocycles. The molecule has 3 heterocycles. The summed E-state index contributed by atoms with van der Waals surface area (Å²) in [6.07, 6.45) is 5.43. The van der Waals surface area contributed by atoms with Gasteiger partial charge in [-0.1, -0.05) is 6.07 Å². The van der Waals surface area contributed by atoms with E-state index in [2.05, 4.69) is 15.1 Å². The maximum Gasteiger partial charge on any atom is 0.305 e. The van der Waals surface area contributed by atoms with Crippen LogP contribution in [0.3, 0.4) is 0 Å². The Hall–Kier alpha value is -3.75. The smallest absolute Gasteiger partial charge is 0.305 e. The molecule has 1 N–H and O–H groups in total. The number of methoxy groups -OCH3 is 1. The van der Waals surface area contributed by atoms with Gasteiger partial charge in [0.05, 0.1) is 37.5 Å². The predicted molar refractivity (Wildman–Crippen MR) is 98.2 cm³/mol. The van der Waals surface area contributed by atoms with E-state index in [-0.39, 0.29) is 19.6 Å². The van der Waals surface area contributed by atoms with Gasteiger partial charge in [0.25, 0.3) is 0 Å². The first-order chi connectivity index (χ1) is 13.6. The first-order valence-corrected chi connectivity index (χ1v) is 8.42. The van der Waals surface area contributed by atoms with Crippen LogP contribution in [0.25, 0.3) is 11.4 Å². The number of hydrogen-bond donors (Lipinski definition) is 1. The van der Waals surface area contributed by atoms with E-state index in [0.29, 0.717) is 34.9 Å². The molecule has 0 unspecified atom stereocenters. The predicted octanol–water partition coefficient (Wildman–Crippen LogP) is 2.21. The third-order valence-corrected chi connectivity index (χ3v) is 3.92. The van der Waals surface area contributed by atoms with Gasteiger partial charge in [-0.05, 0) is 12.1 Å². The monoisotopic (exact) mass is 382 g/mol. The molecule has 0 amide bonds. The maximum absolute atomic E-state index is 11.3. The van der Waals surface area contributed by atoms with Gasteiger partial charge in [-0.3, -0.25) is 19.3 Å². The maximum atomic E-state index is 11.3. The fraction of sp³-hybridized carbons (Fsp3) is 0.211. The van der Waals surface area contributed by atoms with E-state index in [1.807, 2.05) is 6.07 Å². The van der Waals surface area contributed by atoms with Crippen LogP contribution in [0.4, 0.5) is 0 Å². The molecule has 0 aliphatic carbocycles. The summed E-state index contributed by atoms with van der Waals surface area (Å²) in [6, 6.07) is 6.88. The number of aromatic nitrogens is 4. The minimum absolute atomic E-state index is 0.0156. The molecule has 9 heteroatoms. The van der Waals surface area contributed by atoms with Crippen molar-refractivity contribution in [3.8, 4) is 23.0 Å². The third-order valence-electron chi connectivity index (χ3n) is 3.92. The second-order valence-electron chi connectivity index (χ2n) is 5.79. The molecule has 3 aromatic heterocycles. The molecule has 9 nitrogen and oxygen atoms in total. The zero-order chi connectivity index (χ0) is 19.9. The van der Waals surface area contributed by atoms with Crippen LogP contribution in [0.5, 0.6) is 11.6 Å². The number of aliphatic carboxylic acids is 1. The molecule has 0 aromatic carbocycles.